The van der Waals surface area contributed by atoms with Crippen molar-refractivity contribution in [1.82, 2.24) is 20.2 Å². The lowest BCUT2D eigenvalue weighted by Gasteiger charge is -2.27. The summed E-state index contributed by atoms with van der Waals surface area (Å²) in [4.78, 5) is 48.8. The summed E-state index contributed by atoms with van der Waals surface area (Å²) in [6, 6.07) is 7.39. The molecule has 0 saturated carbocycles. The van der Waals surface area contributed by atoms with Crippen molar-refractivity contribution in [2.75, 3.05) is 44.3 Å². The molecule has 1 aromatic carbocycles. The van der Waals surface area contributed by atoms with Crippen molar-refractivity contribution in [1.29, 1.82) is 0 Å². The first kappa shape index (κ1) is 23.0. The second-order valence-corrected chi connectivity index (χ2v) is 8.53. The largest absolute Gasteiger partial charge is 0.378 e. The molecule has 0 aliphatic carbocycles. The molecule has 0 bridgehead atoms. The van der Waals surface area contributed by atoms with Gasteiger partial charge in [-0.3, -0.25) is 19.4 Å². The highest BCUT2D eigenvalue weighted by atomic mass is 16.5. The first-order valence-electron chi connectivity index (χ1n) is 11.6. The molecule has 0 spiro atoms. The van der Waals surface area contributed by atoms with Gasteiger partial charge < -0.3 is 19.9 Å². The predicted octanol–water partition coefficient (Wildman–Crippen LogP) is 1.40. The molecule has 0 atom stereocenters. The summed E-state index contributed by atoms with van der Waals surface area (Å²) in [6.45, 7) is 6.35. The molecule has 4 rings (SSSR count). The fourth-order valence-electron chi connectivity index (χ4n) is 4.26. The van der Waals surface area contributed by atoms with Crippen LogP contribution < -0.4 is 15.8 Å². The molecule has 9 heteroatoms. The number of benzene rings is 1. The molecule has 2 aromatic rings. The number of aryl methyl sites for hydroxylation is 1. The monoisotopic (exact) mass is 453 g/mol. The zero-order valence-corrected chi connectivity index (χ0v) is 19.1. The third-order valence-electron chi connectivity index (χ3n) is 6.18. The van der Waals surface area contributed by atoms with E-state index in [1.54, 1.807) is 6.92 Å². The number of amides is 2. The van der Waals surface area contributed by atoms with Crippen LogP contribution in [0.1, 0.15) is 46.4 Å². The van der Waals surface area contributed by atoms with E-state index in [0.717, 1.165) is 31.5 Å². The van der Waals surface area contributed by atoms with Gasteiger partial charge in [0.25, 0.3) is 11.5 Å². The molecule has 2 fully saturated rings. The zero-order chi connectivity index (χ0) is 23.2. The molecule has 1 aromatic heterocycles. The predicted molar refractivity (Wildman–Crippen MR) is 124 cm³/mol. The van der Waals surface area contributed by atoms with Crippen LogP contribution in [0.2, 0.25) is 0 Å². The number of aromatic nitrogens is 2. The van der Waals surface area contributed by atoms with Gasteiger partial charge in [0.2, 0.25) is 11.9 Å². The second-order valence-electron chi connectivity index (χ2n) is 8.53. The topological polar surface area (TPSA) is 108 Å². The van der Waals surface area contributed by atoms with Crippen molar-refractivity contribution in [3.8, 4) is 0 Å². The number of hydrogen-bond acceptors (Lipinski definition) is 6. The summed E-state index contributed by atoms with van der Waals surface area (Å²) in [5.74, 6) is 0.447. The Labute approximate surface area is 193 Å². The number of H-pyrrole nitrogens is 1. The van der Waals surface area contributed by atoms with Gasteiger partial charge in [0.05, 0.1) is 13.2 Å². The molecule has 2 saturated heterocycles. The molecule has 2 amide bonds. The van der Waals surface area contributed by atoms with Crippen LogP contribution in [0.4, 0.5) is 5.95 Å². The molecule has 0 unspecified atom stereocenters. The Kier molecular flexibility index (Phi) is 7.39. The average Bonchev–Trinajstić information content (AvgIpc) is 3.37. The third kappa shape index (κ3) is 5.78. The van der Waals surface area contributed by atoms with E-state index in [1.165, 1.54) is 0 Å². The summed E-state index contributed by atoms with van der Waals surface area (Å²) < 4.78 is 5.34. The van der Waals surface area contributed by atoms with Crippen LogP contribution in [0, 0.1) is 6.92 Å². The van der Waals surface area contributed by atoms with Crippen molar-refractivity contribution < 1.29 is 14.3 Å². The summed E-state index contributed by atoms with van der Waals surface area (Å²) >= 11 is 0. The fraction of sp³-hybridized carbons (Fsp3) is 0.500. The first-order chi connectivity index (χ1) is 16.0. The van der Waals surface area contributed by atoms with E-state index in [4.69, 9.17) is 4.74 Å². The average molecular weight is 454 g/mol. The first-order valence-corrected chi connectivity index (χ1v) is 11.6. The lowest BCUT2D eigenvalue weighted by atomic mass is 10.1. The minimum absolute atomic E-state index is 0.0448. The smallest absolute Gasteiger partial charge is 0.255 e. The van der Waals surface area contributed by atoms with Crippen LogP contribution in [0.25, 0.3) is 0 Å². The van der Waals surface area contributed by atoms with E-state index in [9.17, 15) is 14.4 Å². The van der Waals surface area contributed by atoms with Gasteiger partial charge in [-0.1, -0.05) is 12.1 Å². The van der Waals surface area contributed by atoms with Crippen LogP contribution in [-0.2, 0) is 22.5 Å². The quantitative estimate of drug-likeness (QED) is 0.656. The van der Waals surface area contributed by atoms with Crippen molar-refractivity contribution >= 4 is 17.8 Å². The number of carbonyl (C=O) groups is 2. The van der Waals surface area contributed by atoms with E-state index >= 15 is 0 Å². The summed E-state index contributed by atoms with van der Waals surface area (Å²) in [5, 5.41) is 2.89. The molecule has 2 aliphatic heterocycles. The fourth-order valence-corrected chi connectivity index (χ4v) is 4.26. The second kappa shape index (κ2) is 10.6. The van der Waals surface area contributed by atoms with Crippen molar-refractivity contribution in [3.05, 3.63) is 57.0 Å². The van der Waals surface area contributed by atoms with Crippen LogP contribution in [0.3, 0.4) is 0 Å². The Morgan fingerprint density at radius 3 is 2.64 bits per heavy atom. The molecule has 33 heavy (non-hydrogen) atoms. The molecular formula is C24H31N5O4. The number of morpholine rings is 1. The number of rotatable bonds is 7. The Balaban J connectivity index is 1.30. The van der Waals surface area contributed by atoms with Gasteiger partial charge in [0, 0.05) is 56.0 Å². The van der Waals surface area contributed by atoms with Crippen LogP contribution in [0.15, 0.2) is 29.1 Å². The summed E-state index contributed by atoms with van der Waals surface area (Å²) in [7, 11) is 0. The maximum atomic E-state index is 12.6. The Morgan fingerprint density at radius 2 is 1.91 bits per heavy atom. The third-order valence-corrected chi connectivity index (χ3v) is 6.18. The van der Waals surface area contributed by atoms with E-state index in [-0.39, 0.29) is 23.8 Å². The van der Waals surface area contributed by atoms with E-state index < -0.39 is 0 Å². The molecule has 0 radical (unpaired) electrons. The molecule has 2 aliphatic rings. The highest BCUT2D eigenvalue weighted by molar-refractivity contribution is 5.94. The van der Waals surface area contributed by atoms with Crippen molar-refractivity contribution in [2.45, 2.75) is 39.2 Å². The van der Waals surface area contributed by atoms with Gasteiger partial charge in [-0.25, -0.2) is 4.98 Å². The maximum absolute atomic E-state index is 12.6. The normalized spacial score (nSPS) is 16.2. The minimum atomic E-state index is -0.204. The Hall–Kier alpha value is -3.20. The summed E-state index contributed by atoms with van der Waals surface area (Å²) in [5.41, 5.74) is 2.49. The lowest BCUT2D eigenvalue weighted by molar-refractivity contribution is -0.121. The molecular weight excluding hydrogens is 422 g/mol. The van der Waals surface area contributed by atoms with Gasteiger partial charge in [0.15, 0.2) is 0 Å². The number of aromatic amines is 1. The van der Waals surface area contributed by atoms with Crippen LogP contribution in [0.5, 0.6) is 0 Å². The number of ether oxygens (including phenoxy) is 1. The molecule has 2 N–H and O–H groups in total. The number of hydrogen-bond donors (Lipinski definition) is 2. The van der Waals surface area contributed by atoms with Gasteiger partial charge in [-0.15, -0.1) is 0 Å². The van der Waals surface area contributed by atoms with Gasteiger partial charge in [-0.2, -0.15) is 0 Å². The molecule has 3 heterocycles. The van der Waals surface area contributed by atoms with Crippen molar-refractivity contribution in [3.63, 3.8) is 0 Å². The highest BCUT2D eigenvalue weighted by Gasteiger charge is 2.20. The highest BCUT2D eigenvalue weighted by Crippen LogP contribution is 2.15. The number of nitrogens with zero attached hydrogens (tertiary/aromatic N) is 3. The lowest BCUT2D eigenvalue weighted by Crippen LogP contribution is -2.38. The summed E-state index contributed by atoms with van der Waals surface area (Å²) in [6.07, 6.45) is 2.61. The van der Waals surface area contributed by atoms with Crippen LogP contribution in [-0.4, -0.2) is 66.1 Å². The minimum Gasteiger partial charge on any atom is -0.378 e. The number of likely N-dealkylation sites (tertiary alicyclic amines) is 1. The standard InChI is InChI=1S/C24H31N5O4/c1-17-20(22(31)27-24(26-17)29-11-13-33-14-12-29)7-8-21(30)25-16-18-5-4-6-19(15-18)23(32)28-9-2-3-10-28/h4-6,15H,2-3,7-14,16H2,1H3,(H,25,30)(H,26,27,31). The van der Waals surface area contributed by atoms with E-state index in [2.05, 4.69) is 15.3 Å². The van der Waals surface area contributed by atoms with E-state index in [0.29, 0.717) is 62.0 Å². The Bertz CT molecular complexity index is 1060. The molecule has 9 nitrogen and oxygen atoms in total. The van der Waals surface area contributed by atoms with Gasteiger partial charge >= 0.3 is 0 Å². The van der Waals surface area contributed by atoms with E-state index in [1.807, 2.05) is 34.1 Å². The SMILES string of the molecule is Cc1nc(N2CCOCC2)[nH]c(=O)c1CCC(=O)NCc1cccc(C(=O)N2CCCC2)c1. The molecule has 176 valence electrons. The number of carbonyl (C=O) groups excluding carboxylic acids is 2. The van der Waals surface area contributed by atoms with Gasteiger partial charge in [0.1, 0.15) is 0 Å². The van der Waals surface area contributed by atoms with Crippen LogP contribution >= 0.6 is 0 Å². The van der Waals surface area contributed by atoms with Crippen molar-refractivity contribution in [2.24, 2.45) is 0 Å². The zero-order valence-electron chi connectivity index (χ0n) is 19.1. The maximum Gasteiger partial charge on any atom is 0.255 e. The number of nitrogens with one attached hydrogen (secondary N) is 2. The van der Waals surface area contributed by atoms with Gasteiger partial charge in [-0.05, 0) is 43.9 Å². The number of anilines is 1. The Morgan fingerprint density at radius 1 is 1.15 bits per heavy atom.